The second-order valence-electron chi connectivity index (χ2n) is 4.11. The van der Waals surface area contributed by atoms with Crippen LogP contribution in [-0.4, -0.2) is 19.4 Å². The number of hydrogen-bond donors (Lipinski definition) is 1. The van der Waals surface area contributed by atoms with Crippen molar-refractivity contribution >= 4 is 33.0 Å². The van der Waals surface area contributed by atoms with E-state index in [2.05, 4.69) is 9.71 Å². The quantitative estimate of drug-likeness (QED) is 0.922. The average molecular weight is 317 g/mol. The molecule has 0 saturated carbocycles. The average Bonchev–Trinajstić information content (AvgIpc) is 2.81. The lowest BCUT2D eigenvalue weighted by molar-refractivity contribution is 0.560. The van der Waals surface area contributed by atoms with Crippen LogP contribution in [0.3, 0.4) is 0 Å². The zero-order valence-corrected chi connectivity index (χ0v) is 12.6. The lowest BCUT2D eigenvalue weighted by Crippen LogP contribution is -2.34. The van der Waals surface area contributed by atoms with Gasteiger partial charge in [0.1, 0.15) is 4.90 Å². The monoisotopic (exact) mass is 316 g/mol. The Hall–Kier alpha value is -0.950. The fourth-order valence-electron chi connectivity index (χ4n) is 1.66. The van der Waals surface area contributed by atoms with Crippen LogP contribution in [0.25, 0.3) is 0 Å². The van der Waals surface area contributed by atoms with Gasteiger partial charge in [0.2, 0.25) is 10.0 Å². The topological polar surface area (TPSA) is 59.1 Å². The Labute approximate surface area is 121 Å². The molecule has 102 valence electrons. The molecule has 0 amide bonds. The van der Waals surface area contributed by atoms with Crippen molar-refractivity contribution in [2.45, 2.75) is 24.3 Å². The molecule has 2 heterocycles. The molecule has 7 heteroatoms. The molecule has 0 fully saturated rings. The molecular weight excluding hydrogens is 304 g/mol. The molecule has 0 aliphatic heterocycles. The molecule has 2 aromatic heterocycles. The highest BCUT2D eigenvalue weighted by atomic mass is 35.5. The van der Waals surface area contributed by atoms with E-state index in [0.29, 0.717) is 6.42 Å². The smallest absolute Gasteiger partial charge is 0.243 e. The highest BCUT2D eigenvalue weighted by Crippen LogP contribution is 2.20. The number of sulfonamides is 1. The van der Waals surface area contributed by atoms with E-state index >= 15 is 0 Å². The van der Waals surface area contributed by atoms with Gasteiger partial charge in [0.25, 0.3) is 0 Å². The summed E-state index contributed by atoms with van der Waals surface area (Å²) in [4.78, 5) is 4.93. The maximum absolute atomic E-state index is 12.2. The van der Waals surface area contributed by atoms with Crippen LogP contribution in [-0.2, 0) is 16.4 Å². The molecule has 0 radical (unpaired) electrons. The Morgan fingerprint density at radius 3 is 2.89 bits per heavy atom. The standard InChI is InChI=1S/C12H13ClN2O2S2/c1-9(7-10-3-2-6-18-10)15-19(16,17)12-8-14-5-4-11(12)13/h2-6,8-9,15H,7H2,1H3. The summed E-state index contributed by atoms with van der Waals surface area (Å²) >= 11 is 7.48. The SMILES string of the molecule is CC(Cc1cccs1)NS(=O)(=O)c1cnccc1Cl. The first-order valence-corrected chi connectivity index (χ1v) is 8.37. The third-order valence-electron chi connectivity index (χ3n) is 2.47. The van der Waals surface area contributed by atoms with E-state index in [1.165, 1.54) is 18.5 Å². The van der Waals surface area contributed by atoms with E-state index in [1.807, 2.05) is 24.4 Å². The highest BCUT2D eigenvalue weighted by molar-refractivity contribution is 7.89. The largest absolute Gasteiger partial charge is 0.263 e. The number of halogens is 1. The molecule has 0 bridgehead atoms. The number of rotatable bonds is 5. The van der Waals surface area contributed by atoms with Gasteiger partial charge in [-0.1, -0.05) is 17.7 Å². The highest BCUT2D eigenvalue weighted by Gasteiger charge is 2.20. The molecule has 2 aromatic rings. The molecular formula is C12H13ClN2O2S2. The van der Waals surface area contributed by atoms with Crippen LogP contribution < -0.4 is 4.72 Å². The van der Waals surface area contributed by atoms with E-state index in [0.717, 1.165) is 4.88 Å². The first-order valence-electron chi connectivity index (χ1n) is 5.63. The van der Waals surface area contributed by atoms with Crippen LogP contribution in [0, 0.1) is 0 Å². The summed E-state index contributed by atoms with van der Waals surface area (Å²) < 4.78 is 26.9. The molecule has 0 spiro atoms. The van der Waals surface area contributed by atoms with Crippen LogP contribution in [0.2, 0.25) is 5.02 Å². The number of pyridine rings is 1. The van der Waals surface area contributed by atoms with Crippen molar-refractivity contribution < 1.29 is 8.42 Å². The Balaban J connectivity index is 2.11. The molecule has 0 aromatic carbocycles. The van der Waals surface area contributed by atoms with Crippen LogP contribution >= 0.6 is 22.9 Å². The molecule has 1 unspecified atom stereocenters. The van der Waals surface area contributed by atoms with E-state index in [-0.39, 0.29) is 16.0 Å². The summed E-state index contributed by atoms with van der Waals surface area (Å²) in [5.74, 6) is 0. The van der Waals surface area contributed by atoms with Gasteiger partial charge in [0, 0.05) is 23.3 Å². The van der Waals surface area contributed by atoms with Gasteiger partial charge in [-0.2, -0.15) is 0 Å². The molecule has 0 saturated heterocycles. The van der Waals surface area contributed by atoms with Crippen molar-refractivity contribution in [1.29, 1.82) is 0 Å². The van der Waals surface area contributed by atoms with E-state index in [9.17, 15) is 8.42 Å². The molecule has 4 nitrogen and oxygen atoms in total. The first kappa shape index (κ1) is 14.5. The maximum atomic E-state index is 12.2. The Morgan fingerprint density at radius 2 is 2.26 bits per heavy atom. The number of thiophene rings is 1. The molecule has 19 heavy (non-hydrogen) atoms. The van der Waals surface area contributed by atoms with Crippen molar-refractivity contribution in [3.8, 4) is 0 Å². The Morgan fingerprint density at radius 1 is 1.47 bits per heavy atom. The zero-order chi connectivity index (χ0) is 13.9. The maximum Gasteiger partial charge on any atom is 0.243 e. The Kier molecular flexibility index (Phi) is 4.57. The van der Waals surface area contributed by atoms with Gasteiger partial charge in [-0.25, -0.2) is 13.1 Å². The lowest BCUT2D eigenvalue weighted by Gasteiger charge is -2.13. The van der Waals surface area contributed by atoms with E-state index in [1.54, 1.807) is 11.3 Å². The van der Waals surface area contributed by atoms with Crippen molar-refractivity contribution in [3.05, 3.63) is 45.9 Å². The summed E-state index contributed by atoms with van der Waals surface area (Å²) in [7, 11) is -3.63. The zero-order valence-electron chi connectivity index (χ0n) is 10.2. The third kappa shape index (κ3) is 3.76. The minimum absolute atomic E-state index is 0.00898. The van der Waals surface area contributed by atoms with Gasteiger partial charge in [-0.3, -0.25) is 4.98 Å². The second kappa shape index (κ2) is 6.00. The summed E-state index contributed by atoms with van der Waals surface area (Å²) in [6.45, 7) is 1.82. The van der Waals surface area contributed by atoms with Gasteiger partial charge in [-0.15, -0.1) is 11.3 Å². The third-order valence-corrected chi connectivity index (χ3v) is 5.42. The first-order chi connectivity index (χ1) is 8.99. The summed E-state index contributed by atoms with van der Waals surface area (Å²) in [6, 6.07) is 5.17. The van der Waals surface area contributed by atoms with Crippen molar-refractivity contribution in [2.24, 2.45) is 0 Å². The second-order valence-corrected chi connectivity index (χ2v) is 7.23. The Bertz CT molecular complexity index is 642. The molecule has 1 N–H and O–H groups in total. The minimum atomic E-state index is -3.63. The normalized spacial score (nSPS) is 13.4. The molecule has 2 rings (SSSR count). The summed E-state index contributed by atoms with van der Waals surface area (Å²) in [5.41, 5.74) is 0. The van der Waals surface area contributed by atoms with Crippen LogP contribution in [0.5, 0.6) is 0 Å². The molecule has 0 aliphatic rings. The molecule has 0 aliphatic carbocycles. The number of nitrogens with zero attached hydrogens (tertiary/aromatic N) is 1. The number of nitrogens with one attached hydrogen (secondary N) is 1. The molecule has 1 atom stereocenters. The van der Waals surface area contributed by atoms with Gasteiger partial charge in [0.15, 0.2) is 0 Å². The number of aromatic nitrogens is 1. The predicted octanol–water partition coefficient (Wildman–Crippen LogP) is 2.71. The van der Waals surface area contributed by atoms with Crippen molar-refractivity contribution in [1.82, 2.24) is 9.71 Å². The fraction of sp³-hybridized carbons (Fsp3) is 0.250. The van der Waals surface area contributed by atoms with Crippen LogP contribution in [0.1, 0.15) is 11.8 Å². The van der Waals surface area contributed by atoms with Crippen molar-refractivity contribution in [2.75, 3.05) is 0 Å². The van der Waals surface area contributed by atoms with E-state index in [4.69, 9.17) is 11.6 Å². The van der Waals surface area contributed by atoms with Gasteiger partial charge in [-0.05, 0) is 30.9 Å². The summed E-state index contributed by atoms with van der Waals surface area (Å²) in [6.07, 6.45) is 3.35. The minimum Gasteiger partial charge on any atom is -0.263 e. The fourth-order valence-corrected chi connectivity index (χ4v) is 4.17. The lowest BCUT2D eigenvalue weighted by atomic mass is 10.2. The van der Waals surface area contributed by atoms with E-state index < -0.39 is 10.0 Å². The number of hydrogen-bond acceptors (Lipinski definition) is 4. The van der Waals surface area contributed by atoms with Crippen molar-refractivity contribution in [3.63, 3.8) is 0 Å². The van der Waals surface area contributed by atoms with Crippen LogP contribution in [0.15, 0.2) is 40.9 Å². The van der Waals surface area contributed by atoms with Gasteiger partial charge in [0.05, 0.1) is 5.02 Å². The van der Waals surface area contributed by atoms with Crippen LogP contribution in [0.4, 0.5) is 0 Å². The predicted molar refractivity (Wildman–Crippen MR) is 77.1 cm³/mol. The van der Waals surface area contributed by atoms with Gasteiger partial charge >= 0.3 is 0 Å². The van der Waals surface area contributed by atoms with Gasteiger partial charge < -0.3 is 0 Å². The summed E-state index contributed by atoms with van der Waals surface area (Å²) in [5, 5.41) is 2.14.